The standard InChI is InChI=1S/C20H27O3P/c1-3-5-11-17-12-10-16-20(19(17)15-6-4-2)24(21,22)23-18-13-8-7-9-14-18/h7-10,12-14,16H,3-6,11,15H2,1-2H3,(H,21,22). The lowest BCUT2D eigenvalue weighted by molar-refractivity contribution is 0.393. The van der Waals surface area contributed by atoms with Crippen molar-refractivity contribution in [1.82, 2.24) is 0 Å². The monoisotopic (exact) mass is 346 g/mol. The summed E-state index contributed by atoms with van der Waals surface area (Å²) in [5.74, 6) is 0.420. The molecule has 1 atom stereocenters. The molecule has 0 aromatic heterocycles. The SMILES string of the molecule is CCCCc1cccc(P(=O)(O)Oc2ccccc2)c1CCCC. The maximum Gasteiger partial charge on any atom is 0.408 e. The molecule has 0 amide bonds. The average molecular weight is 346 g/mol. The fourth-order valence-corrected chi connectivity index (χ4v) is 4.18. The van der Waals surface area contributed by atoms with Crippen LogP contribution in [0.1, 0.15) is 50.7 Å². The zero-order chi connectivity index (χ0) is 17.4. The molecule has 2 aromatic carbocycles. The first kappa shape index (κ1) is 18.8. The lowest BCUT2D eigenvalue weighted by Crippen LogP contribution is -2.17. The van der Waals surface area contributed by atoms with Crippen LogP contribution in [-0.4, -0.2) is 4.89 Å². The summed E-state index contributed by atoms with van der Waals surface area (Å²) < 4.78 is 18.4. The highest BCUT2D eigenvalue weighted by atomic mass is 31.2. The zero-order valence-corrected chi connectivity index (χ0v) is 15.5. The van der Waals surface area contributed by atoms with Gasteiger partial charge in [-0.25, -0.2) is 4.57 Å². The summed E-state index contributed by atoms with van der Waals surface area (Å²) in [7, 11) is -3.90. The fourth-order valence-electron chi connectivity index (χ4n) is 2.80. The molecular formula is C20H27O3P. The maximum atomic E-state index is 12.9. The number of hydrogen-bond acceptors (Lipinski definition) is 2. The van der Waals surface area contributed by atoms with Crippen LogP contribution in [0, 0.1) is 0 Å². The summed E-state index contributed by atoms with van der Waals surface area (Å²) in [5, 5.41) is 0.452. The van der Waals surface area contributed by atoms with E-state index in [0.717, 1.165) is 44.1 Å². The maximum absolute atomic E-state index is 12.9. The van der Waals surface area contributed by atoms with Crippen molar-refractivity contribution < 1.29 is 14.0 Å². The van der Waals surface area contributed by atoms with Gasteiger partial charge in [-0.1, -0.05) is 57.0 Å². The first-order valence-corrected chi connectivity index (χ1v) is 10.3. The van der Waals surface area contributed by atoms with Gasteiger partial charge in [-0.2, -0.15) is 0 Å². The van der Waals surface area contributed by atoms with Crippen LogP contribution in [-0.2, 0) is 17.4 Å². The van der Waals surface area contributed by atoms with Crippen molar-refractivity contribution >= 4 is 12.9 Å². The first-order valence-electron chi connectivity index (χ1n) is 8.77. The molecule has 130 valence electrons. The van der Waals surface area contributed by atoms with Gasteiger partial charge in [0.15, 0.2) is 0 Å². The Balaban J connectivity index is 2.37. The van der Waals surface area contributed by atoms with Gasteiger partial charge in [0, 0.05) is 0 Å². The van der Waals surface area contributed by atoms with Gasteiger partial charge < -0.3 is 9.42 Å². The van der Waals surface area contributed by atoms with Crippen molar-refractivity contribution in [2.45, 2.75) is 52.4 Å². The number of benzene rings is 2. The molecule has 1 N–H and O–H groups in total. The minimum atomic E-state index is -3.90. The van der Waals surface area contributed by atoms with Gasteiger partial charge in [0.2, 0.25) is 0 Å². The molecule has 0 heterocycles. The van der Waals surface area contributed by atoms with Crippen LogP contribution in [0.4, 0.5) is 0 Å². The minimum Gasteiger partial charge on any atom is -0.421 e. The van der Waals surface area contributed by atoms with E-state index >= 15 is 0 Å². The molecule has 0 bridgehead atoms. The Bertz CT molecular complexity index is 683. The van der Waals surface area contributed by atoms with Crippen LogP contribution in [0.5, 0.6) is 5.75 Å². The summed E-state index contributed by atoms with van der Waals surface area (Å²) in [4.78, 5) is 10.6. The molecule has 0 saturated heterocycles. The molecule has 0 spiro atoms. The minimum absolute atomic E-state index is 0.420. The number of rotatable bonds is 9. The largest absolute Gasteiger partial charge is 0.421 e. The van der Waals surface area contributed by atoms with Gasteiger partial charge in [-0.15, -0.1) is 0 Å². The van der Waals surface area contributed by atoms with Crippen molar-refractivity contribution in [2.75, 3.05) is 0 Å². The highest BCUT2D eigenvalue weighted by Crippen LogP contribution is 2.43. The van der Waals surface area contributed by atoms with E-state index in [-0.39, 0.29) is 0 Å². The topological polar surface area (TPSA) is 46.5 Å². The quantitative estimate of drug-likeness (QED) is 0.630. The second kappa shape index (κ2) is 9.05. The Hall–Kier alpha value is -1.57. The van der Waals surface area contributed by atoms with E-state index in [0.29, 0.717) is 11.1 Å². The van der Waals surface area contributed by atoms with E-state index in [1.165, 1.54) is 5.56 Å². The average Bonchev–Trinajstić information content (AvgIpc) is 2.58. The summed E-state index contributed by atoms with van der Waals surface area (Å²) >= 11 is 0. The Labute approximate surface area is 145 Å². The van der Waals surface area contributed by atoms with Crippen LogP contribution in [0.25, 0.3) is 0 Å². The van der Waals surface area contributed by atoms with Gasteiger partial charge in [0.1, 0.15) is 5.75 Å². The van der Waals surface area contributed by atoms with Crippen LogP contribution >= 0.6 is 7.60 Å². The molecule has 0 fully saturated rings. The summed E-state index contributed by atoms with van der Waals surface area (Å²) in [6.07, 6.45) is 5.99. The van der Waals surface area contributed by atoms with Crippen molar-refractivity contribution in [3.63, 3.8) is 0 Å². The van der Waals surface area contributed by atoms with Gasteiger partial charge >= 0.3 is 7.60 Å². The third kappa shape index (κ3) is 4.96. The third-order valence-electron chi connectivity index (χ3n) is 4.11. The van der Waals surface area contributed by atoms with E-state index in [2.05, 4.69) is 19.9 Å². The molecule has 24 heavy (non-hydrogen) atoms. The summed E-state index contributed by atoms with van der Waals surface area (Å²) in [6.45, 7) is 4.29. The normalized spacial score (nSPS) is 13.5. The van der Waals surface area contributed by atoms with E-state index in [4.69, 9.17) is 4.52 Å². The van der Waals surface area contributed by atoms with E-state index in [1.807, 2.05) is 12.1 Å². The van der Waals surface area contributed by atoms with Crippen molar-refractivity contribution in [2.24, 2.45) is 0 Å². The van der Waals surface area contributed by atoms with Gasteiger partial charge in [0.25, 0.3) is 0 Å². The Morgan fingerprint density at radius 2 is 1.58 bits per heavy atom. The molecule has 2 aromatic rings. The second-order valence-corrected chi connectivity index (χ2v) is 7.75. The van der Waals surface area contributed by atoms with E-state index < -0.39 is 7.60 Å². The predicted octanol–water partition coefficient (Wildman–Crippen LogP) is 5.26. The summed E-state index contributed by atoms with van der Waals surface area (Å²) in [5.41, 5.74) is 2.17. The molecule has 0 aliphatic carbocycles. The molecule has 0 saturated carbocycles. The van der Waals surface area contributed by atoms with Crippen molar-refractivity contribution in [3.05, 3.63) is 59.7 Å². The highest BCUT2D eigenvalue weighted by molar-refractivity contribution is 7.61. The predicted molar refractivity (Wildman–Crippen MR) is 100 cm³/mol. The number of hydrogen-bond donors (Lipinski definition) is 1. The molecule has 0 aliphatic heterocycles. The van der Waals surface area contributed by atoms with Crippen molar-refractivity contribution in [1.29, 1.82) is 0 Å². The molecular weight excluding hydrogens is 319 g/mol. The molecule has 1 unspecified atom stereocenters. The zero-order valence-electron chi connectivity index (χ0n) is 14.6. The first-order chi connectivity index (χ1) is 11.6. The van der Waals surface area contributed by atoms with Crippen LogP contribution < -0.4 is 9.83 Å². The molecule has 3 nitrogen and oxygen atoms in total. The third-order valence-corrected chi connectivity index (χ3v) is 5.59. The van der Waals surface area contributed by atoms with E-state index in [9.17, 15) is 9.46 Å². The summed E-state index contributed by atoms with van der Waals surface area (Å²) in [6, 6.07) is 14.5. The Morgan fingerprint density at radius 3 is 2.25 bits per heavy atom. The van der Waals surface area contributed by atoms with E-state index in [1.54, 1.807) is 30.3 Å². The van der Waals surface area contributed by atoms with Crippen LogP contribution in [0.3, 0.4) is 0 Å². The van der Waals surface area contributed by atoms with Gasteiger partial charge in [0.05, 0.1) is 5.30 Å². The van der Waals surface area contributed by atoms with Crippen molar-refractivity contribution in [3.8, 4) is 5.75 Å². The highest BCUT2D eigenvalue weighted by Gasteiger charge is 2.28. The fraction of sp³-hybridized carbons (Fsp3) is 0.400. The number of unbranched alkanes of at least 4 members (excludes halogenated alkanes) is 2. The smallest absolute Gasteiger partial charge is 0.408 e. The lowest BCUT2D eigenvalue weighted by Gasteiger charge is -2.19. The molecule has 0 aliphatic rings. The number of aryl methyl sites for hydroxylation is 1. The van der Waals surface area contributed by atoms with Crippen LogP contribution in [0.2, 0.25) is 0 Å². The second-order valence-electron chi connectivity index (χ2n) is 6.05. The molecule has 4 heteroatoms. The molecule has 0 radical (unpaired) electrons. The molecule has 2 rings (SSSR count). The Morgan fingerprint density at radius 1 is 0.917 bits per heavy atom. The Kier molecular flexibility index (Phi) is 7.08. The van der Waals surface area contributed by atoms with Gasteiger partial charge in [-0.3, -0.25) is 0 Å². The van der Waals surface area contributed by atoms with Gasteiger partial charge in [-0.05, 0) is 55.0 Å². The lowest BCUT2D eigenvalue weighted by atomic mass is 9.98. The van der Waals surface area contributed by atoms with Crippen LogP contribution in [0.15, 0.2) is 48.5 Å². The number of para-hydroxylation sites is 1.